The SMILES string of the molecule is CCNC(=O)CCN1CCOC(C(=O)O)C1. The van der Waals surface area contributed by atoms with Crippen molar-refractivity contribution in [3.8, 4) is 0 Å². The van der Waals surface area contributed by atoms with Gasteiger partial charge in [0.2, 0.25) is 5.91 Å². The second-order valence-corrected chi connectivity index (χ2v) is 3.70. The fourth-order valence-electron chi connectivity index (χ4n) is 1.60. The van der Waals surface area contributed by atoms with Gasteiger partial charge in [-0.3, -0.25) is 9.69 Å². The summed E-state index contributed by atoms with van der Waals surface area (Å²) in [5.74, 6) is -0.941. The van der Waals surface area contributed by atoms with Gasteiger partial charge in [0.05, 0.1) is 6.61 Å². The highest BCUT2D eigenvalue weighted by Gasteiger charge is 2.25. The maximum absolute atomic E-state index is 11.2. The third kappa shape index (κ3) is 4.16. The Morgan fingerprint density at radius 2 is 2.31 bits per heavy atom. The van der Waals surface area contributed by atoms with E-state index in [1.54, 1.807) is 0 Å². The molecule has 1 fully saturated rings. The zero-order valence-corrected chi connectivity index (χ0v) is 9.44. The van der Waals surface area contributed by atoms with Crippen LogP contribution in [0.4, 0.5) is 0 Å². The van der Waals surface area contributed by atoms with E-state index in [0.29, 0.717) is 39.2 Å². The van der Waals surface area contributed by atoms with E-state index in [1.807, 2.05) is 11.8 Å². The van der Waals surface area contributed by atoms with Crippen molar-refractivity contribution in [1.29, 1.82) is 0 Å². The molecule has 1 aliphatic heterocycles. The predicted molar refractivity (Wildman–Crippen MR) is 57.1 cm³/mol. The summed E-state index contributed by atoms with van der Waals surface area (Å²) in [6.07, 6.45) is -0.358. The molecule has 0 aromatic rings. The molecule has 2 N–H and O–H groups in total. The van der Waals surface area contributed by atoms with Crippen molar-refractivity contribution in [2.45, 2.75) is 19.4 Å². The highest BCUT2D eigenvalue weighted by Crippen LogP contribution is 2.05. The van der Waals surface area contributed by atoms with Crippen molar-refractivity contribution < 1.29 is 19.4 Å². The fourth-order valence-corrected chi connectivity index (χ4v) is 1.60. The summed E-state index contributed by atoms with van der Waals surface area (Å²) in [7, 11) is 0. The van der Waals surface area contributed by atoms with Crippen molar-refractivity contribution in [2.24, 2.45) is 0 Å². The first-order valence-electron chi connectivity index (χ1n) is 5.47. The molecule has 0 spiro atoms. The van der Waals surface area contributed by atoms with E-state index in [9.17, 15) is 9.59 Å². The third-order valence-electron chi connectivity index (χ3n) is 2.46. The van der Waals surface area contributed by atoms with E-state index in [1.165, 1.54) is 0 Å². The topological polar surface area (TPSA) is 78.9 Å². The number of carbonyl (C=O) groups is 2. The smallest absolute Gasteiger partial charge is 0.334 e. The van der Waals surface area contributed by atoms with Crippen LogP contribution in [0.15, 0.2) is 0 Å². The van der Waals surface area contributed by atoms with Crippen molar-refractivity contribution >= 4 is 11.9 Å². The Kier molecular flexibility index (Phi) is 5.21. The number of rotatable bonds is 5. The van der Waals surface area contributed by atoms with Crippen LogP contribution in [0, 0.1) is 0 Å². The Hall–Kier alpha value is -1.14. The third-order valence-corrected chi connectivity index (χ3v) is 2.46. The first kappa shape index (κ1) is 12.9. The van der Waals surface area contributed by atoms with E-state index in [2.05, 4.69) is 5.32 Å². The Labute approximate surface area is 94.6 Å². The Morgan fingerprint density at radius 3 is 2.94 bits per heavy atom. The van der Waals surface area contributed by atoms with Crippen molar-refractivity contribution in [2.75, 3.05) is 32.8 Å². The zero-order valence-electron chi connectivity index (χ0n) is 9.44. The molecular formula is C10H18N2O4. The Balaban J connectivity index is 2.26. The molecule has 6 heteroatoms. The largest absolute Gasteiger partial charge is 0.479 e. The lowest BCUT2D eigenvalue weighted by molar-refractivity contribution is -0.156. The normalized spacial score (nSPS) is 21.7. The number of morpholine rings is 1. The molecule has 1 heterocycles. The van der Waals surface area contributed by atoms with Crippen LogP contribution < -0.4 is 5.32 Å². The monoisotopic (exact) mass is 230 g/mol. The summed E-state index contributed by atoms with van der Waals surface area (Å²) >= 11 is 0. The predicted octanol–water partition coefficient (Wildman–Crippen LogP) is -0.702. The maximum Gasteiger partial charge on any atom is 0.334 e. The summed E-state index contributed by atoms with van der Waals surface area (Å²) in [6, 6.07) is 0. The molecule has 1 unspecified atom stereocenters. The van der Waals surface area contributed by atoms with E-state index in [4.69, 9.17) is 9.84 Å². The van der Waals surface area contributed by atoms with Crippen LogP contribution >= 0.6 is 0 Å². The summed E-state index contributed by atoms with van der Waals surface area (Å²) in [5, 5.41) is 11.5. The quantitative estimate of drug-likeness (QED) is 0.653. The van der Waals surface area contributed by atoms with Gasteiger partial charge in [-0.25, -0.2) is 4.79 Å². The van der Waals surface area contributed by atoms with E-state index < -0.39 is 12.1 Å². The average molecular weight is 230 g/mol. The fraction of sp³-hybridized carbons (Fsp3) is 0.800. The number of nitrogens with one attached hydrogen (secondary N) is 1. The summed E-state index contributed by atoms with van der Waals surface area (Å²) in [4.78, 5) is 23.9. The molecule has 0 aromatic heterocycles. The van der Waals surface area contributed by atoms with Gasteiger partial charge in [-0.15, -0.1) is 0 Å². The van der Waals surface area contributed by atoms with Crippen molar-refractivity contribution in [3.05, 3.63) is 0 Å². The minimum Gasteiger partial charge on any atom is -0.479 e. The molecule has 16 heavy (non-hydrogen) atoms. The number of amides is 1. The van der Waals surface area contributed by atoms with Crippen LogP contribution in [0.25, 0.3) is 0 Å². The number of aliphatic carboxylic acids is 1. The van der Waals surface area contributed by atoms with Gasteiger partial charge in [-0.2, -0.15) is 0 Å². The number of carboxylic acids is 1. The van der Waals surface area contributed by atoms with E-state index >= 15 is 0 Å². The molecule has 1 atom stereocenters. The van der Waals surface area contributed by atoms with Crippen LogP contribution in [0.1, 0.15) is 13.3 Å². The van der Waals surface area contributed by atoms with Gasteiger partial charge in [-0.05, 0) is 6.92 Å². The lowest BCUT2D eigenvalue weighted by Crippen LogP contribution is -2.46. The molecule has 1 rings (SSSR count). The highest BCUT2D eigenvalue weighted by atomic mass is 16.5. The molecule has 0 aliphatic carbocycles. The number of carbonyl (C=O) groups excluding carboxylic acids is 1. The van der Waals surface area contributed by atoms with Gasteiger partial charge in [0, 0.05) is 32.6 Å². The van der Waals surface area contributed by atoms with Crippen LogP contribution in [0.2, 0.25) is 0 Å². The van der Waals surface area contributed by atoms with Gasteiger partial charge in [0.15, 0.2) is 6.10 Å². The number of hydrogen-bond acceptors (Lipinski definition) is 4. The minimum atomic E-state index is -0.942. The van der Waals surface area contributed by atoms with Crippen molar-refractivity contribution in [3.63, 3.8) is 0 Å². The van der Waals surface area contributed by atoms with Gasteiger partial charge in [-0.1, -0.05) is 0 Å². The molecule has 0 aromatic carbocycles. The summed E-state index contributed by atoms with van der Waals surface area (Å²) in [6.45, 7) is 4.52. The molecule has 1 amide bonds. The molecule has 1 saturated heterocycles. The highest BCUT2D eigenvalue weighted by molar-refractivity contribution is 5.76. The second kappa shape index (κ2) is 6.44. The number of hydrogen-bond donors (Lipinski definition) is 2. The molecule has 92 valence electrons. The van der Waals surface area contributed by atoms with Gasteiger partial charge >= 0.3 is 5.97 Å². The van der Waals surface area contributed by atoms with Crippen LogP contribution in [-0.2, 0) is 14.3 Å². The number of nitrogens with zero attached hydrogens (tertiary/aromatic N) is 1. The van der Waals surface area contributed by atoms with Gasteiger partial charge in [0.25, 0.3) is 0 Å². The van der Waals surface area contributed by atoms with Crippen LogP contribution in [0.3, 0.4) is 0 Å². The van der Waals surface area contributed by atoms with Crippen LogP contribution in [-0.4, -0.2) is 60.8 Å². The number of ether oxygens (including phenoxy) is 1. The van der Waals surface area contributed by atoms with E-state index in [0.717, 1.165) is 0 Å². The maximum atomic E-state index is 11.2. The molecule has 0 saturated carbocycles. The van der Waals surface area contributed by atoms with Gasteiger partial charge < -0.3 is 15.2 Å². The average Bonchev–Trinajstić information content (AvgIpc) is 2.27. The molecule has 6 nitrogen and oxygen atoms in total. The lowest BCUT2D eigenvalue weighted by Gasteiger charge is -2.30. The zero-order chi connectivity index (χ0) is 12.0. The first-order chi connectivity index (χ1) is 7.63. The lowest BCUT2D eigenvalue weighted by atomic mass is 10.2. The summed E-state index contributed by atoms with van der Waals surface area (Å²) < 4.78 is 5.08. The standard InChI is InChI=1S/C10H18N2O4/c1-2-11-9(13)3-4-12-5-6-16-8(7-12)10(14)15/h8H,2-7H2,1H3,(H,11,13)(H,14,15). The second-order valence-electron chi connectivity index (χ2n) is 3.70. The van der Waals surface area contributed by atoms with E-state index in [-0.39, 0.29) is 5.91 Å². The Morgan fingerprint density at radius 1 is 1.56 bits per heavy atom. The van der Waals surface area contributed by atoms with Gasteiger partial charge in [0.1, 0.15) is 0 Å². The minimum absolute atomic E-state index is 0.000803. The molecule has 0 bridgehead atoms. The van der Waals surface area contributed by atoms with Crippen molar-refractivity contribution in [1.82, 2.24) is 10.2 Å². The first-order valence-corrected chi connectivity index (χ1v) is 5.47. The molecular weight excluding hydrogens is 212 g/mol. The van der Waals surface area contributed by atoms with Crippen LogP contribution in [0.5, 0.6) is 0 Å². The Bertz CT molecular complexity index is 257. The molecule has 1 aliphatic rings. The number of carboxylic acid groups (broad SMARTS) is 1. The summed E-state index contributed by atoms with van der Waals surface area (Å²) in [5.41, 5.74) is 0. The molecule has 0 radical (unpaired) electrons.